The standard InChI is InChI=1S/C22H41N3O3/c1-6-24(7-2)15-17(26)16-27-23-20-19(25-13-9-8-10-14-25)18-11-12-22(20,5)28-21(18,3)4/h17-19,26H,6-16H2,1-5H3/b23-20-/t17?,18-,19+,22+/m1/s1. The fourth-order valence-electron chi connectivity index (χ4n) is 5.51. The van der Waals surface area contributed by atoms with Gasteiger partial charge in [0.05, 0.1) is 11.6 Å². The predicted molar refractivity (Wildman–Crippen MR) is 113 cm³/mol. The lowest BCUT2D eigenvalue weighted by molar-refractivity contribution is -0.197. The third-order valence-electron chi connectivity index (χ3n) is 7.09. The summed E-state index contributed by atoms with van der Waals surface area (Å²) in [5, 5.41) is 15.0. The van der Waals surface area contributed by atoms with Crippen LogP contribution in [-0.2, 0) is 9.57 Å². The predicted octanol–water partition coefficient (Wildman–Crippen LogP) is 2.89. The number of likely N-dealkylation sites (tertiary alicyclic amines) is 1. The van der Waals surface area contributed by atoms with Gasteiger partial charge in [-0.2, -0.15) is 0 Å². The minimum absolute atomic E-state index is 0.142. The van der Waals surface area contributed by atoms with Gasteiger partial charge in [-0.05, 0) is 72.6 Å². The summed E-state index contributed by atoms with van der Waals surface area (Å²) in [7, 11) is 0. The first-order valence-corrected chi connectivity index (χ1v) is 11.4. The fraction of sp³-hybridized carbons (Fsp3) is 0.955. The van der Waals surface area contributed by atoms with Crippen LogP contribution in [0.3, 0.4) is 0 Å². The molecule has 0 spiro atoms. The Morgan fingerprint density at radius 1 is 1.21 bits per heavy atom. The molecule has 28 heavy (non-hydrogen) atoms. The molecule has 0 amide bonds. The molecular weight excluding hydrogens is 354 g/mol. The molecule has 2 bridgehead atoms. The molecule has 1 aliphatic carbocycles. The highest BCUT2D eigenvalue weighted by Gasteiger charge is 2.59. The number of likely N-dealkylation sites (N-methyl/N-ethyl adjacent to an activating group) is 1. The molecule has 4 rings (SSSR count). The molecule has 1 unspecified atom stereocenters. The second kappa shape index (κ2) is 8.99. The fourth-order valence-corrected chi connectivity index (χ4v) is 5.51. The number of ether oxygens (including phenoxy) is 1. The molecule has 0 radical (unpaired) electrons. The molecule has 3 heterocycles. The van der Waals surface area contributed by atoms with E-state index in [1.54, 1.807) is 0 Å². The molecule has 4 aliphatic rings. The molecule has 6 heteroatoms. The molecule has 0 aromatic heterocycles. The van der Waals surface area contributed by atoms with Crippen molar-refractivity contribution in [3.63, 3.8) is 0 Å². The summed E-state index contributed by atoms with van der Waals surface area (Å²) < 4.78 is 6.54. The number of oxime groups is 1. The van der Waals surface area contributed by atoms with Gasteiger partial charge in [0.2, 0.25) is 0 Å². The first-order valence-electron chi connectivity index (χ1n) is 11.4. The lowest BCUT2D eigenvalue weighted by Gasteiger charge is -2.60. The van der Waals surface area contributed by atoms with E-state index in [9.17, 15) is 5.11 Å². The Kier molecular flexibility index (Phi) is 7.06. The van der Waals surface area contributed by atoms with Crippen molar-refractivity contribution < 1.29 is 14.7 Å². The van der Waals surface area contributed by atoms with Crippen LogP contribution in [0, 0.1) is 5.92 Å². The van der Waals surface area contributed by atoms with Crippen LogP contribution >= 0.6 is 0 Å². The third-order valence-corrected chi connectivity index (χ3v) is 7.09. The molecule has 1 N–H and O–H groups in total. The normalized spacial score (nSPS) is 35.5. The van der Waals surface area contributed by atoms with Crippen molar-refractivity contribution in [2.75, 3.05) is 39.3 Å². The highest BCUT2D eigenvalue weighted by Crippen LogP contribution is 2.50. The van der Waals surface area contributed by atoms with E-state index in [2.05, 4.69) is 49.6 Å². The maximum absolute atomic E-state index is 10.3. The number of hydrogen-bond acceptors (Lipinski definition) is 6. The van der Waals surface area contributed by atoms with Gasteiger partial charge in [0.1, 0.15) is 24.0 Å². The summed E-state index contributed by atoms with van der Waals surface area (Å²) in [6.07, 6.45) is 5.49. The van der Waals surface area contributed by atoms with Crippen molar-refractivity contribution in [2.24, 2.45) is 11.1 Å². The van der Waals surface area contributed by atoms with E-state index in [4.69, 9.17) is 9.57 Å². The van der Waals surface area contributed by atoms with Gasteiger partial charge >= 0.3 is 0 Å². The Labute approximate surface area is 171 Å². The van der Waals surface area contributed by atoms with Gasteiger partial charge in [0.25, 0.3) is 0 Å². The average Bonchev–Trinajstić information content (AvgIpc) is 2.66. The van der Waals surface area contributed by atoms with Gasteiger partial charge in [-0.15, -0.1) is 0 Å². The quantitative estimate of drug-likeness (QED) is 0.641. The zero-order chi connectivity index (χ0) is 20.4. The van der Waals surface area contributed by atoms with Crippen LogP contribution in [-0.4, -0.2) is 83.3 Å². The lowest BCUT2D eigenvalue weighted by Crippen LogP contribution is -2.70. The molecule has 4 atom stereocenters. The highest BCUT2D eigenvalue weighted by atomic mass is 16.6. The summed E-state index contributed by atoms with van der Waals surface area (Å²) in [5.41, 5.74) is 0.528. The molecule has 0 aromatic rings. The number of fused-ring (bicyclic) bond motifs is 3. The summed E-state index contributed by atoms with van der Waals surface area (Å²) in [4.78, 5) is 10.6. The Morgan fingerprint density at radius 2 is 1.89 bits per heavy atom. The monoisotopic (exact) mass is 395 g/mol. The van der Waals surface area contributed by atoms with Gasteiger partial charge in [-0.25, -0.2) is 0 Å². The van der Waals surface area contributed by atoms with E-state index >= 15 is 0 Å². The number of rotatable bonds is 8. The molecule has 1 saturated carbocycles. The number of aliphatic hydroxyl groups is 1. The molecule has 4 fully saturated rings. The Hall–Kier alpha value is -0.690. The molecule has 6 nitrogen and oxygen atoms in total. The first kappa shape index (κ1) is 22.0. The van der Waals surface area contributed by atoms with E-state index in [1.807, 2.05) is 0 Å². The molecule has 3 saturated heterocycles. The van der Waals surface area contributed by atoms with E-state index in [1.165, 1.54) is 25.7 Å². The van der Waals surface area contributed by atoms with Crippen LogP contribution in [0.4, 0.5) is 0 Å². The second-order valence-electron chi connectivity index (χ2n) is 9.53. The minimum Gasteiger partial charge on any atom is -0.393 e. The maximum Gasteiger partial charge on any atom is 0.144 e. The van der Waals surface area contributed by atoms with Crippen molar-refractivity contribution in [1.82, 2.24) is 9.80 Å². The summed E-state index contributed by atoms with van der Waals surface area (Å²) >= 11 is 0. The topological polar surface area (TPSA) is 57.5 Å². The average molecular weight is 396 g/mol. The van der Waals surface area contributed by atoms with Crippen LogP contribution < -0.4 is 0 Å². The van der Waals surface area contributed by atoms with Crippen LogP contribution in [0.15, 0.2) is 5.16 Å². The van der Waals surface area contributed by atoms with Crippen molar-refractivity contribution in [3.8, 4) is 0 Å². The van der Waals surface area contributed by atoms with Gasteiger partial charge in [-0.1, -0.05) is 25.4 Å². The second-order valence-corrected chi connectivity index (χ2v) is 9.53. The molecule has 0 aromatic carbocycles. The zero-order valence-electron chi connectivity index (χ0n) is 18.6. The van der Waals surface area contributed by atoms with Gasteiger partial charge < -0.3 is 19.6 Å². The van der Waals surface area contributed by atoms with E-state index in [0.717, 1.165) is 38.3 Å². The van der Waals surface area contributed by atoms with Crippen LogP contribution in [0.2, 0.25) is 0 Å². The van der Waals surface area contributed by atoms with E-state index in [-0.39, 0.29) is 17.8 Å². The zero-order valence-corrected chi connectivity index (χ0v) is 18.6. The Morgan fingerprint density at radius 3 is 2.50 bits per heavy atom. The number of hydrogen-bond donors (Lipinski definition) is 1. The van der Waals surface area contributed by atoms with Crippen LogP contribution in [0.1, 0.15) is 66.7 Å². The molecule has 3 aliphatic heterocycles. The molecular formula is C22H41N3O3. The minimum atomic E-state index is -0.524. The Bertz CT molecular complexity index is 543. The van der Waals surface area contributed by atoms with Crippen molar-refractivity contribution in [2.45, 2.75) is 90.1 Å². The number of aliphatic hydroxyl groups excluding tert-OH is 1. The SMILES string of the molecule is CCN(CC)CC(O)CO/N=C1/[C@@H](N2CCCCC2)[C@H]2CC[C@]1(C)OC2(C)C. The smallest absolute Gasteiger partial charge is 0.144 e. The summed E-state index contributed by atoms with van der Waals surface area (Å²) in [5.74, 6) is 0.440. The van der Waals surface area contributed by atoms with Crippen molar-refractivity contribution in [3.05, 3.63) is 0 Å². The largest absolute Gasteiger partial charge is 0.393 e. The highest BCUT2D eigenvalue weighted by molar-refractivity contribution is 5.98. The maximum atomic E-state index is 10.3. The number of piperidine rings is 1. The van der Waals surface area contributed by atoms with Gasteiger partial charge in [-0.3, -0.25) is 4.90 Å². The third kappa shape index (κ3) is 4.55. The van der Waals surface area contributed by atoms with Crippen molar-refractivity contribution >= 4 is 5.71 Å². The van der Waals surface area contributed by atoms with Crippen LogP contribution in [0.25, 0.3) is 0 Å². The number of nitrogens with zero attached hydrogens (tertiary/aromatic N) is 3. The van der Waals surface area contributed by atoms with Gasteiger partial charge in [0.15, 0.2) is 0 Å². The first-order chi connectivity index (χ1) is 13.3. The lowest BCUT2D eigenvalue weighted by atomic mass is 9.64. The van der Waals surface area contributed by atoms with Gasteiger partial charge in [0, 0.05) is 12.5 Å². The van der Waals surface area contributed by atoms with Crippen molar-refractivity contribution in [1.29, 1.82) is 0 Å². The van der Waals surface area contributed by atoms with Crippen LogP contribution in [0.5, 0.6) is 0 Å². The Balaban J connectivity index is 1.73. The molecule has 162 valence electrons. The summed E-state index contributed by atoms with van der Waals surface area (Å²) in [6.45, 7) is 15.9. The van der Waals surface area contributed by atoms with E-state index in [0.29, 0.717) is 18.5 Å². The summed E-state index contributed by atoms with van der Waals surface area (Å²) in [6, 6.07) is 0.294. The van der Waals surface area contributed by atoms with E-state index < -0.39 is 6.10 Å².